The highest BCUT2D eigenvalue weighted by molar-refractivity contribution is 5.99. The molecule has 4 N–H and O–H groups in total. The van der Waals surface area contributed by atoms with Gasteiger partial charge in [-0.05, 0) is 88.4 Å². The zero-order valence-corrected chi connectivity index (χ0v) is 25.8. The van der Waals surface area contributed by atoms with E-state index in [2.05, 4.69) is 15.6 Å². The summed E-state index contributed by atoms with van der Waals surface area (Å²) in [7, 11) is 0. The predicted octanol–water partition coefficient (Wildman–Crippen LogP) is 4.13. The molecule has 234 valence electrons. The van der Waals surface area contributed by atoms with Crippen LogP contribution in [0.2, 0.25) is 0 Å². The average Bonchev–Trinajstić information content (AvgIpc) is 3.69. The number of nitrogens with zero attached hydrogens (tertiary/aromatic N) is 2. The number of halogens is 1. The van der Waals surface area contributed by atoms with Crippen molar-refractivity contribution >= 4 is 24.2 Å². The molecule has 4 unspecified atom stereocenters. The maximum absolute atomic E-state index is 14.4. The van der Waals surface area contributed by atoms with Gasteiger partial charge in [0, 0.05) is 36.4 Å². The fourth-order valence-electron chi connectivity index (χ4n) is 6.85. The molecule has 5 atom stereocenters. The third kappa shape index (κ3) is 5.84. The number of hydrogen-bond donors (Lipinski definition) is 3. The van der Waals surface area contributed by atoms with Gasteiger partial charge < -0.3 is 25.8 Å². The van der Waals surface area contributed by atoms with Crippen LogP contribution in [0.5, 0.6) is 11.5 Å². The Balaban J connectivity index is 1.22. The number of carbonyl (C=O) groups is 3. The zero-order valence-electron chi connectivity index (χ0n) is 25.8. The summed E-state index contributed by atoms with van der Waals surface area (Å²) in [6.07, 6.45) is 2.15. The second-order valence-corrected chi connectivity index (χ2v) is 13.8. The molecule has 0 aromatic heterocycles. The number of amides is 3. The maximum Gasteiger partial charge on any atom is 0.231 e. The molecule has 4 aliphatic rings. The van der Waals surface area contributed by atoms with Gasteiger partial charge in [0.1, 0.15) is 29.0 Å². The number of carbonyl (C=O) groups excluding carboxylic acids is 3. The minimum Gasteiger partial charge on any atom is -0.487 e. The standard InChI is InChI=1S/C33H40FN5O5/c1-17-8-28-23(25(36-16-40)13-33(4,5)44-28)11-20(17)27-12-24(22-10-19(34)6-7-26(22)43-27)37-30(42)21-9-18(21)15-39-29(41)14-32(2,3)38-31(39)35/h6-8,10-11,16,18,21,24-25,27H,9,12-15H2,1-5H3,(H2,35,38)(H,36,40)(H,37,42)/t18?,21-,24?,25?,27?/m1/s1. The van der Waals surface area contributed by atoms with E-state index in [0.29, 0.717) is 49.3 Å². The minimum absolute atomic E-state index is 0.0362. The van der Waals surface area contributed by atoms with Crippen LogP contribution >= 0.6 is 0 Å². The van der Waals surface area contributed by atoms with E-state index in [-0.39, 0.29) is 42.1 Å². The quantitative estimate of drug-likeness (QED) is 0.407. The van der Waals surface area contributed by atoms with Crippen LogP contribution in [-0.4, -0.2) is 46.8 Å². The number of aryl methyl sites for hydroxylation is 1. The number of hydrogen-bond acceptors (Lipinski definition) is 7. The van der Waals surface area contributed by atoms with Gasteiger partial charge in [0.15, 0.2) is 5.96 Å². The molecule has 44 heavy (non-hydrogen) atoms. The Bertz CT molecular complexity index is 1560. The van der Waals surface area contributed by atoms with Gasteiger partial charge in [-0.1, -0.05) is 0 Å². The van der Waals surface area contributed by atoms with Crippen molar-refractivity contribution in [3.05, 3.63) is 58.4 Å². The first-order valence-electron chi connectivity index (χ1n) is 15.2. The van der Waals surface area contributed by atoms with Gasteiger partial charge in [0.05, 0.1) is 24.0 Å². The van der Waals surface area contributed by atoms with E-state index in [4.69, 9.17) is 15.2 Å². The van der Waals surface area contributed by atoms with E-state index < -0.39 is 29.1 Å². The Morgan fingerprint density at radius 1 is 1.11 bits per heavy atom. The van der Waals surface area contributed by atoms with E-state index in [9.17, 15) is 18.8 Å². The van der Waals surface area contributed by atoms with E-state index >= 15 is 0 Å². The summed E-state index contributed by atoms with van der Waals surface area (Å²) in [5.74, 6) is 0.427. The molecule has 0 spiro atoms. The van der Waals surface area contributed by atoms with Crippen molar-refractivity contribution in [2.75, 3.05) is 6.54 Å². The highest BCUT2D eigenvalue weighted by Gasteiger charge is 2.47. The van der Waals surface area contributed by atoms with Crippen molar-refractivity contribution in [2.45, 2.75) is 89.6 Å². The molecule has 1 fully saturated rings. The van der Waals surface area contributed by atoms with Gasteiger partial charge in [-0.3, -0.25) is 19.3 Å². The Morgan fingerprint density at radius 3 is 2.59 bits per heavy atom. The zero-order chi connectivity index (χ0) is 31.6. The molecule has 10 nitrogen and oxygen atoms in total. The van der Waals surface area contributed by atoms with Gasteiger partial charge in [0.2, 0.25) is 18.2 Å². The Labute approximate surface area is 256 Å². The van der Waals surface area contributed by atoms with Crippen LogP contribution in [0.15, 0.2) is 35.3 Å². The number of ether oxygens (including phenoxy) is 2. The molecular weight excluding hydrogens is 565 g/mol. The summed E-state index contributed by atoms with van der Waals surface area (Å²) in [6.45, 7) is 10.0. The fourth-order valence-corrected chi connectivity index (χ4v) is 6.85. The van der Waals surface area contributed by atoms with Crippen LogP contribution in [-0.2, 0) is 14.4 Å². The number of benzene rings is 2. The summed E-state index contributed by atoms with van der Waals surface area (Å²) in [5.41, 5.74) is 8.42. The maximum atomic E-state index is 14.4. The summed E-state index contributed by atoms with van der Waals surface area (Å²) in [5, 5.41) is 6.08. The highest BCUT2D eigenvalue weighted by atomic mass is 19.1. The molecule has 2 aromatic carbocycles. The SMILES string of the molecule is Cc1cc2c(cc1C1CC(NC(=O)[C@@H]3CC3CN3C(=O)CC(C)(C)N=C3N)c3cc(F)ccc3O1)C(NC=O)CC(C)(C)O2. The molecule has 1 aliphatic carbocycles. The van der Waals surface area contributed by atoms with Crippen LogP contribution < -0.4 is 25.8 Å². The smallest absolute Gasteiger partial charge is 0.231 e. The largest absolute Gasteiger partial charge is 0.487 e. The second kappa shape index (κ2) is 10.8. The van der Waals surface area contributed by atoms with E-state index in [1.165, 1.54) is 17.0 Å². The number of guanidine groups is 1. The van der Waals surface area contributed by atoms with Crippen molar-refractivity contribution in [1.82, 2.24) is 15.5 Å². The first kappa shape index (κ1) is 29.9. The third-order valence-electron chi connectivity index (χ3n) is 9.11. The van der Waals surface area contributed by atoms with Crippen LogP contribution in [0.1, 0.15) is 93.8 Å². The molecule has 3 aliphatic heterocycles. The topological polar surface area (TPSA) is 135 Å². The van der Waals surface area contributed by atoms with Crippen LogP contribution in [0.3, 0.4) is 0 Å². The van der Waals surface area contributed by atoms with Gasteiger partial charge >= 0.3 is 0 Å². The number of aliphatic imine (C=N–C) groups is 1. The summed E-state index contributed by atoms with van der Waals surface area (Å²) in [4.78, 5) is 43.6. The Morgan fingerprint density at radius 2 is 1.86 bits per heavy atom. The summed E-state index contributed by atoms with van der Waals surface area (Å²) >= 11 is 0. The predicted molar refractivity (Wildman–Crippen MR) is 161 cm³/mol. The minimum atomic E-state index is -0.536. The number of nitrogens with two attached hydrogens (primary N) is 1. The normalized spacial score (nSPS) is 28.0. The average molecular weight is 606 g/mol. The van der Waals surface area contributed by atoms with Gasteiger partial charge in [-0.15, -0.1) is 0 Å². The number of nitrogens with one attached hydrogen (secondary N) is 2. The lowest BCUT2D eigenvalue weighted by molar-refractivity contribution is -0.130. The third-order valence-corrected chi connectivity index (χ3v) is 9.11. The summed E-state index contributed by atoms with van der Waals surface area (Å²) in [6, 6.07) is 7.61. The first-order valence-corrected chi connectivity index (χ1v) is 15.2. The Hall–Kier alpha value is -4.15. The summed E-state index contributed by atoms with van der Waals surface area (Å²) < 4.78 is 27.1. The molecule has 2 aromatic rings. The molecule has 3 amide bonds. The van der Waals surface area contributed by atoms with Crippen LogP contribution in [0.25, 0.3) is 0 Å². The van der Waals surface area contributed by atoms with E-state index in [0.717, 1.165) is 16.7 Å². The number of rotatable bonds is 7. The molecule has 0 radical (unpaired) electrons. The molecule has 1 saturated carbocycles. The van der Waals surface area contributed by atoms with Crippen molar-refractivity contribution in [3.8, 4) is 11.5 Å². The lowest BCUT2D eigenvalue weighted by atomic mass is 9.85. The first-order chi connectivity index (χ1) is 20.7. The lowest BCUT2D eigenvalue weighted by Gasteiger charge is -2.39. The molecule has 6 rings (SSSR count). The Kier molecular flexibility index (Phi) is 7.33. The van der Waals surface area contributed by atoms with Crippen molar-refractivity contribution < 1.29 is 28.2 Å². The van der Waals surface area contributed by atoms with Crippen molar-refractivity contribution in [3.63, 3.8) is 0 Å². The fraction of sp³-hybridized carbons (Fsp3) is 0.515. The molecule has 0 saturated heterocycles. The van der Waals surface area contributed by atoms with Gasteiger partial charge in [-0.25, -0.2) is 9.38 Å². The van der Waals surface area contributed by atoms with E-state index in [1.54, 1.807) is 6.07 Å². The highest BCUT2D eigenvalue weighted by Crippen LogP contribution is 2.47. The van der Waals surface area contributed by atoms with Gasteiger partial charge in [0.25, 0.3) is 0 Å². The van der Waals surface area contributed by atoms with E-state index in [1.807, 2.05) is 46.8 Å². The van der Waals surface area contributed by atoms with Crippen molar-refractivity contribution in [1.29, 1.82) is 0 Å². The second-order valence-electron chi connectivity index (χ2n) is 13.8. The lowest BCUT2D eigenvalue weighted by Crippen LogP contribution is -2.50. The molecule has 0 bridgehead atoms. The number of fused-ring (bicyclic) bond motifs is 2. The molecular formula is C33H40FN5O5. The monoisotopic (exact) mass is 605 g/mol. The van der Waals surface area contributed by atoms with Crippen LogP contribution in [0.4, 0.5) is 4.39 Å². The molecule has 11 heteroatoms. The van der Waals surface area contributed by atoms with Gasteiger partial charge in [-0.2, -0.15) is 0 Å². The van der Waals surface area contributed by atoms with Crippen molar-refractivity contribution in [2.24, 2.45) is 22.6 Å². The molecule has 3 heterocycles. The van der Waals surface area contributed by atoms with Crippen LogP contribution in [0, 0.1) is 24.6 Å².